The molecule has 0 saturated carbocycles. The van der Waals surface area contributed by atoms with Gasteiger partial charge in [-0.3, -0.25) is 14.5 Å². The Morgan fingerprint density at radius 1 is 0.957 bits per heavy atom. The van der Waals surface area contributed by atoms with E-state index in [2.05, 4.69) is 0 Å². The highest BCUT2D eigenvalue weighted by Gasteiger charge is 2.35. The van der Waals surface area contributed by atoms with Gasteiger partial charge >= 0.3 is 0 Å². The highest BCUT2D eigenvalue weighted by Crippen LogP contribution is 2.21. The highest BCUT2D eigenvalue weighted by atomic mass is 35.5. The minimum Gasteiger partial charge on any atom is -0.332 e. The third-order valence-corrected chi connectivity index (χ3v) is 4.46. The Morgan fingerprint density at radius 3 is 2.13 bits per heavy atom. The summed E-state index contributed by atoms with van der Waals surface area (Å²) in [7, 11) is 2.03. The van der Waals surface area contributed by atoms with Crippen molar-refractivity contribution in [1.82, 2.24) is 4.90 Å². The first-order valence-electron chi connectivity index (χ1n) is 7.58. The summed E-state index contributed by atoms with van der Waals surface area (Å²) in [5, 5.41) is 0.743. The molecule has 5 heteroatoms. The Bertz CT molecular complexity index is 725. The maximum absolute atomic E-state index is 12.3. The van der Waals surface area contributed by atoms with Crippen LogP contribution in [0.2, 0.25) is 5.02 Å². The normalized spacial score (nSPS) is 15.0. The van der Waals surface area contributed by atoms with Gasteiger partial charge < -0.3 is 4.90 Å². The Hall–Kier alpha value is -2.17. The van der Waals surface area contributed by atoms with Crippen LogP contribution in [0.5, 0.6) is 0 Å². The van der Waals surface area contributed by atoms with Crippen molar-refractivity contribution < 1.29 is 14.5 Å². The molecule has 23 heavy (non-hydrogen) atoms. The van der Waals surface area contributed by atoms with Crippen LogP contribution >= 0.6 is 11.6 Å². The first-order valence-corrected chi connectivity index (χ1v) is 7.95. The zero-order valence-electron chi connectivity index (χ0n) is 12.9. The number of carbonyl (C=O) groups excluding carboxylic acids is 2. The van der Waals surface area contributed by atoms with Gasteiger partial charge in [0.25, 0.3) is 11.8 Å². The topological polar surface area (TPSA) is 41.8 Å². The molecule has 0 aromatic heterocycles. The van der Waals surface area contributed by atoms with Crippen LogP contribution in [0.15, 0.2) is 48.5 Å². The predicted molar refractivity (Wildman–Crippen MR) is 88.7 cm³/mol. The molecule has 0 bridgehead atoms. The van der Waals surface area contributed by atoms with Gasteiger partial charge in [0, 0.05) is 10.6 Å². The fraction of sp³-hybridized carbons (Fsp3) is 0.222. The van der Waals surface area contributed by atoms with Crippen molar-refractivity contribution >= 4 is 23.4 Å². The quantitative estimate of drug-likeness (QED) is 0.848. The van der Waals surface area contributed by atoms with Crippen molar-refractivity contribution in [2.45, 2.75) is 6.54 Å². The van der Waals surface area contributed by atoms with Crippen LogP contribution in [-0.2, 0) is 6.54 Å². The van der Waals surface area contributed by atoms with E-state index in [0.29, 0.717) is 24.2 Å². The average molecular weight is 330 g/mol. The molecule has 1 aliphatic rings. The van der Waals surface area contributed by atoms with Crippen molar-refractivity contribution in [2.75, 3.05) is 20.1 Å². The summed E-state index contributed by atoms with van der Waals surface area (Å²) < 4.78 is 0. The maximum atomic E-state index is 12.3. The molecule has 1 heterocycles. The number of halogens is 1. The highest BCUT2D eigenvalue weighted by molar-refractivity contribution is 6.31. The van der Waals surface area contributed by atoms with Crippen LogP contribution in [-0.4, -0.2) is 36.9 Å². The van der Waals surface area contributed by atoms with Crippen LogP contribution in [0, 0.1) is 0 Å². The molecule has 0 spiro atoms. The van der Waals surface area contributed by atoms with Crippen LogP contribution in [0.1, 0.15) is 26.3 Å². The molecule has 2 aromatic rings. The third-order valence-electron chi connectivity index (χ3n) is 4.09. The standard InChI is InChI=1S/C18H17ClN2O2/c1-20(12-13-6-2-5-9-16(13)19)10-11-21-17(22)14-7-3-4-8-15(14)18(21)23/h2-9H,10-12H2,1H3/p+1. The second-order valence-electron chi connectivity index (χ2n) is 5.78. The van der Waals surface area contributed by atoms with E-state index in [9.17, 15) is 9.59 Å². The van der Waals surface area contributed by atoms with Gasteiger partial charge in [-0.15, -0.1) is 0 Å². The van der Waals surface area contributed by atoms with Gasteiger partial charge in [-0.1, -0.05) is 41.9 Å². The molecule has 0 aliphatic carbocycles. The van der Waals surface area contributed by atoms with Gasteiger partial charge in [0.2, 0.25) is 0 Å². The van der Waals surface area contributed by atoms with E-state index >= 15 is 0 Å². The second-order valence-corrected chi connectivity index (χ2v) is 6.19. The SMILES string of the molecule is C[NH+](CCN1C(=O)c2ccccc2C1=O)Cc1ccccc1Cl. The van der Waals surface area contributed by atoms with Crippen LogP contribution < -0.4 is 4.90 Å². The number of nitrogens with one attached hydrogen (secondary N) is 1. The van der Waals surface area contributed by atoms with Crippen molar-refractivity contribution in [3.8, 4) is 0 Å². The second kappa shape index (κ2) is 6.52. The zero-order chi connectivity index (χ0) is 16.4. The molecule has 118 valence electrons. The van der Waals surface area contributed by atoms with Gasteiger partial charge in [0.15, 0.2) is 0 Å². The Balaban J connectivity index is 1.62. The lowest BCUT2D eigenvalue weighted by atomic mass is 10.1. The number of benzene rings is 2. The fourth-order valence-corrected chi connectivity index (χ4v) is 3.00. The van der Waals surface area contributed by atoms with E-state index in [-0.39, 0.29) is 11.8 Å². The molecule has 1 unspecified atom stereocenters. The number of hydrogen-bond acceptors (Lipinski definition) is 2. The largest absolute Gasteiger partial charge is 0.332 e. The summed E-state index contributed by atoms with van der Waals surface area (Å²) in [6.07, 6.45) is 0. The number of carbonyl (C=O) groups is 2. The minimum absolute atomic E-state index is 0.198. The molecule has 1 atom stereocenters. The summed E-state index contributed by atoms with van der Waals surface area (Å²) in [5.41, 5.74) is 2.07. The number of rotatable bonds is 5. The Morgan fingerprint density at radius 2 is 1.52 bits per heavy atom. The lowest BCUT2D eigenvalue weighted by Gasteiger charge is -2.19. The van der Waals surface area contributed by atoms with E-state index in [1.54, 1.807) is 24.3 Å². The van der Waals surface area contributed by atoms with Crippen LogP contribution in [0.25, 0.3) is 0 Å². The zero-order valence-corrected chi connectivity index (χ0v) is 13.6. The third kappa shape index (κ3) is 3.14. The first kappa shape index (κ1) is 15.7. The summed E-state index contributed by atoms with van der Waals surface area (Å²) in [4.78, 5) is 27.1. The summed E-state index contributed by atoms with van der Waals surface area (Å²) in [6, 6.07) is 14.7. The number of fused-ring (bicyclic) bond motifs is 1. The van der Waals surface area contributed by atoms with E-state index in [1.165, 1.54) is 9.80 Å². The van der Waals surface area contributed by atoms with Gasteiger partial charge in [-0.25, -0.2) is 0 Å². The monoisotopic (exact) mass is 329 g/mol. The van der Waals surface area contributed by atoms with Crippen LogP contribution in [0.4, 0.5) is 0 Å². The van der Waals surface area contributed by atoms with Gasteiger partial charge in [-0.05, 0) is 18.2 Å². The molecule has 1 aliphatic heterocycles. The van der Waals surface area contributed by atoms with Crippen molar-refractivity contribution in [1.29, 1.82) is 0 Å². The lowest BCUT2D eigenvalue weighted by Crippen LogP contribution is -3.08. The minimum atomic E-state index is -0.198. The average Bonchev–Trinajstić information content (AvgIpc) is 2.80. The summed E-state index contributed by atoms with van der Waals surface area (Å²) >= 11 is 6.17. The fourth-order valence-electron chi connectivity index (χ4n) is 2.80. The Kier molecular flexibility index (Phi) is 4.46. The number of quaternary nitrogens is 1. The van der Waals surface area contributed by atoms with E-state index in [4.69, 9.17) is 11.6 Å². The van der Waals surface area contributed by atoms with E-state index in [1.807, 2.05) is 31.3 Å². The molecule has 0 radical (unpaired) electrons. The first-order chi connectivity index (χ1) is 11.1. The molecule has 1 N–H and O–H groups in total. The van der Waals surface area contributed by atoms with Gasteiger partial charge in [0.1, 0.15) is 6.54 Å². The molecule has 3 rings (SSSR count). The summed E-state index contributed by atoms with van der Waals surface area (Å²) in [5.74, 6) is -0.396. The van der Waals surface area contributed by atoms with Crippen molar-refractivity contribution in [2.24, 2.45) is 0 Å². The molecule has 0 saturated heterocycles. The molecular weight excluding hydrogens is 312 g/mol. The number of hydrogen-bond donors (Lipinski definition) is 1. The molecule has 4 nitrogen and oxygen atoms in total. The molecular formula is C18H18ClN2O2+. The maximum Gasteiger partial charge on any atom is 0.261 e. The number of nitrogens with zero attached hydrogens (tertiary/aromatic N) is 1. The Labute approximate surface area is 140 Å². The summed E-state index contributed by atoms with van der Waals surface area (Å²) in [6.45, 7) is 1.84. The lowest BCUT2D eigenvalue weighted by molar-refractivity contribution is -0.892. The molecule has 0 fully saturated rings. The predicted octanol–water partition coefficient (Wildman–Crippen LogP) is 1.65. The number of amides is 2. The van der Waals surface area contributed by atoms with E-state index < -0.39 is 0 Å². The van der Waals surface area contributed by atoms with Gasteiger partial charge in [0.05, 0.1) is 31.3 Å². The molecule has 2 amide bonds. The number of imide groups is 1. The van der Waals surface area contributed by atoms with Crippen molar-refractivity contribution in [3.05, 3.63) is 70.2 Å². The van der Waals surface area contributed by atoms with Crippen LogP contribution in [0.3, 0.4) is 0 Å². The number of likely N-dealkylation sites (N-methyl/N-ethyl adjacent to an activating group) is 1. The molecule has 2 aromatic carbocycles. The van der Waals surface area contributed by atoms with E-state index in [0.717, 1.165) is 17.1 Å². The smallest absolute Gasteiger partial charge is 0.261 e. The van der Waals surface area contributed by atoms with Gasteiger partial charge in [-0.2, -0.15) is 0 Å². The van der Waals surface area contributed by atoms with Crippen molar-refractivity contribution in [3.63, 3.8) is 0 Å².